The molecule has 2 atom stereocenters. The number of hydrogen-bond donors (Lipinski definition) is 1. The molecule has 1 N–H and O–H groups in total. The lowest BCUT2D eigenvalue weighted by atomic mass is 9.83. The number of hydrogen-bond acceptors (Lipinski definition) is 3. The van der Waals surface area contributed by atoms with Crippen LogP contribution in [0.5, 0.6) is 0 Å². The van der Waals surface area contributed by atoms with E-state index in [0.717, 1.165) is 55.4 Å². The monoisotopic (exact) mass is 503 g/mol. The number of fused-ring (bicyclic) bond motifs is 1. The van der Waals surface area contributed by atoms with Crippen molar-refractivity contribution in [3.8, 4) is 0 Å². The van der Waals surface area contributed by atoms with Gasteiger partial charge in [0, 0.05) is 25.8 Å². The number of imidazole rings is 1. The van der Waals surface area contributed by atoms with Gasteiger partial charge in [-0.25, -0.2) is 13.8 Å². The Bertz CT molecular complexity index is 1350. The molecule has 0 radical (unpaired) electrons. The van der Waals surface area contributed by atoms with Crippen molar-refractivity contribution in [1.82, 2.24) is 14.9 Å². The van der Waals surface area contributed by atoms with Crippen molar-refractivity contribution in [2.24, 2.45) is 5.92 Å². The molecular formula is C30H31F2N3O2. The molecule has 1 saturated carbocycles. The van der Waals surface area contributed by atoms with Crippen molar-refractivity contribution in [1.29, 1.82) is 0 Å². The van der Waals surface area contributed by atoms with Crippen molar-refractivity contribution in [2.75, 3.05) is 7.11 Å². The van der Waals surface area contributed by atoms with Gasteiger partial charge < -0.3 is 14.6 Å². The first-order valence-corrected chi connectivity index (χ1v) is 12.8. The number of nitrogens with one attached hydrogen (secondary N) is 1. The summed E-state index contributed by atoms with van der Waals surface area (Å²) >= 11 is 0. The van der Waals surface area contributed by atoms with Crippen LogP contribution >= 0.6 is 0 Å². The predicted molar refractivity (Wildman–Crippen MR) is 139 cm³/mol. The predicted octanol–water partition coefficient (Wildman–Crippen LogP) is 6.49. The number of ether oxygens (including phenoxy) is 1. The highest BCUT2D eigenvalue weighted by molar-refractivity contribution is 5.85. The van der Waals surface area contributed by atoms with Crippen LogP contribution < -0.4 is 5.32 Å². The molecule has 1 aliphatic carbocycles. The van der Waals surface area contributed by atoms with Gasteiger partial charge in [0.05, 0.1) is 11.0 Å². The summed E-state index contributed by atoms with van der Waals surface area (Å²) in [6.45, 7) is 0.375. The smallest absolute Gasteiger partial charge is 0.243 e. The zero-order chi connectivity index (χ0) is 25.8. The second-order valence-electron chi connectivity index (χ2n) is 9.67. The van der Waals surface area contributed by atoms with Gasteiger partial charge in [0.1, 0.15) is 18.0 Å². The lowest BCUT2D eigenvalue weighted by Gasteiger charge is -2.33. The summed E-state index contributed by atoms with van der Waals surface area (Å²) in [6.07, 6.45) is 4.28. The molecule has 4 aromatic rings. The van der Waals surface area contributed by atoms with Crippen molar-refractivity contribution < 1.29 is 18.3 Å². The lowest BCUT2D eigenvalue weighted by Crippen LogP contribution is -2.38. The van der Waals surface area contributed by atoms with E-state index in [9.17, 15) is 13.6 Å². The summed E-state index contributed by atoms with van der Waals surface area (Å²) in [7, 11) is 1.58. The Hall–Kier alpha value is -3.58. The number of methoxy groups -OCH3 is 1. The number of aromatic nitrogens is 2. The molecule has 1 amide bonds. The van der Waals surface area contributed by atoms with E-state index in [1.165, 1.54) is 0 Å². The molecule has 2 unspecified atom stereocenters. The highest BCUT2D eigenvalue weighted by Gasteiger charge is 2.36. The summed E-state index contributed by atoms with van der Waals surface area (Å²) in [5, 5.41) is 3.10. The van der Waals surface area contributed by atoms with Crippen molar-refractivity contribution in [3.63, 3.8) is 0 Å². The molecule has 7 heteroatoms. The molecule has 0 spiro atoms. The van der Waals surface area contributed by atoms with Gasteiger partial charge >= 0.3 is 0 Å². The van der Waals surface area contributed by atoms with Gasteiger partial charge in [-0.1, -0.05) is 79.9 Å². The third-order valence-corrected chi connectivity index (χ3v) is 7.28. The summed E-state index contributed by atoms with van der Waals surface area (Å²) in [4.78, 5) is 18.7. The molecule has 1 fully saturated rings. The molecule has 0 bridgehead atoms. The summed E-state index contributed by atoms with van der Waals surface area (Å²) in [5.74, 6) is -1.62. The number of benzene rings is 3. The number of nitrogens with zero attached hydrogens (tertiary/aromatic N) is 2. The molecule has 1 aliphatic rings. The fourth-order valence-corrected chi connectivity index (χ4v) is 5.49. The first-order chi connectivity index (χ1) is 18.1. The zero-order valence-corrected chi connectivity index (χ0v) is 20.9. The van der Waals surface area contributed by atoms with Crippen molar-refractivity contribution in [2.45, 2.75) is 50.8 Å². The Balaban J connectivity index is 1.65. The number of halogens is 2. The molecule has 3 aromatic carbocycles. The SMILES string of the molecule is COC(c1ccccc1)c1nc2cc(F)c(F)cc2n1C(C(=O)NCc1ccccc1)C1CCCCC1. The van der Waals surface area contributed by atoms with Crippen LogP contribution in [0.1, 0.15) is 61.2 Å². The average Bonchev–Trinajstić information content (AvgIpc) is 3.27. The standard InChI is InChI=1S/C30H31F2N3O2/c1-37-28(22-15-9-4-10-16-22)29-34-25-17-23(31)24(32)18-26(25)35(29)27(21-13-7-3-8-14-21)30(36)33-19-20-11-5-2-6-12-20/h2,4-6,9-12,15-18,21,27-28H,3,7-8,13-14,19H2,1H3,(H,33,36). The number of amides is 1. The second kappa shape index (κ2) is 11.2. The van der Waals surface area contributed by atoms with Crippen LogP contribution in [0.3, 0.4) is 0 Å². The number of carbonyl (C=O) groups is 1. The van der Waals surface area contributed by atoms with E-state index in [1.54, 1.807) is 11.7 Å². The van der Waals surface area contributed by atoms with E-state index in [4.69, 9.17) is 9.72 Å². The van der Waals surface area contributed by atoms with E-state index >= 15 is 0 Å². The van der Waals surface area contributed by atoms with Gasteiger partial charge in [-0.2, -0.15) is 0 Å². The van der Waals surface area contributed by atoms with Crippen LogP contribution in [0.2, 0.25) is 0 Å². The first-order valence-electron chi connectivity index (χ1n) is 12.8. The number of rotatable bonds is 8. The molecular weight excluding hydrogens is 472 g/mol. The van der Waals surface area contributed by atoms with Gasteiger partial charge in [-0.3, -0.25) is 4.79 Å². The van der Waals surface area contributed by atoms with E-state index in [1.807, 2.05) is 60.7 Å². The van der Waals surface area contributed by atoms with E-state index in [2.05, 4.69) is 5.32 Å². The minimum absolute atomic E-state index is 0.0297. The first kappa shape index (κ1) is 25.1. The molecule has 5 rings (SSSR count). The Kier molecular flexibility index (Phi) is 7.60. The molecule has 1 heterocycles. The van der Waals surface area contributed by atoms with Crippen LogP contribution in [-0.4, -0.2) is 22.6 Å². The fourth-order valence-electron chi connectivity index (χ4n) is 5.49. The highest BCUT2D eigenvalue weighted by Crippen LogP contribution is 2.39. The fraction of sp³-hybridized carbons (Fsp3) is 0.333. The maximum atomic E-state index is 14.6. The van der Waals surface area contributed by atoms with Crippen LogP contribution in [0.25, 0.3) is 11.0 Å². The van der Waals surface area contributed by atoms with E-state index in [0.29, 0.717) is 23.4 Å². The number of carbonyl (C=O) groups excluding carboxylic acids is 1. The average molecular weight is 504 g/mol. The molecule has 0 aliphatic heterocycles. The summed E-state index contributed by atoms with van der Waals surface area (Å²) in [6, 6.07) is 20.9. The van der Waals surface area contributed by atoms with Crippen molar-refractivity contribution >= 4 is 16.9 Å². The van der Waals surface area contributed by atoms with Crippen LogP contribution in [0, 0.1) is 17.6 Å². The largest absolute Gasteiger partial charge is 0.369 e. The molecule has 192 valence electrons. The Labute approximate surface area is 215 Å². The third-order valence-electron chi connectivity index (χ3n) is 7.28. The van der Waals surface area contributed by atoms with Crippen LogP contribution in [-0.2, 0) is 16.1 Å². The summed E-state index contributed by atoms with van der Waals surface area (Å²) < 4.78 is 36.6. The van der Waals surface area contributed by atoms with Crippen LogP contribution in [0.15, 0.2) is 72.8 Å². The Morgan fingerprint density at radius 2 is 1.65 bits per heavy atom. The van der Waals surface area contributed by atoms with Gasteiger partial charge in [-0.15, -0.1) is 0 Å². The normalized spacial score (nSPS) is 16.0. The zero-order valence-electron chi connectivity index (χ0n) is 20.9. The molecule has 5 nitrogen and oxygen atoms in total. The summed E-state index contributed by atoms with van der Waals surface area (Å²) in [5.41, 5.74) is 2.51. The van der Waals surface area contributed by atoms with Gasteiger partial charge in [0.15, 0.2) is 11.6 Å². The van der Waals surface area contributed by atoms with Crippen molar-refractivity contribution in [3.05, 3.63) is 101 Å². The second-order valence-corrected chi connectivity index (χ2v) is 9.67. The molecule has 1 aromatic heterocycles. The van der Waals surface area contributed by atoms with E-state index < -0.39 is 23.8 Å². The minimum atomic E-state index is -0.972. The van der Waals surface area contributed by atoms with Gasteiger partial charge in [0.25, 0.3) is 0 Å². The van der Waals surface area contributed by atoms with Gasteiger partial charge in [-0.05, 0) is 29.9 Å². The maximum absolute atomic E-state index is 14.6. The minimum Gasteiger partial charge on any atom is -0.369 e. The van der Waals surface area contributed by atoms with Gasteiger partial charge in [0.2, 0.25) is 5.91 Å². The molecule has 0 saturated heterocycles. The third kappa shape index (κ3) is 5.27. The Morgan fingerprint density at radius 3 is 2.32 bits per heavy atom. The lowest BCUT2D eigenvalue weighted by molar-refractivity contribution is -0.126. The molecule has 37 heavy (non-hydrogen) atoms. The topological polar surface area (TPSA) is 56.2 Å². The van der Waals surface area contributed by atoms with E-state index in [-0.39, 0.29) is 11.8 Å². The quantitative estimate of drug-likeness (QED) is 0.299. The maximum Gasteiger partial charge on any atom is 0.243 e. The highest BCUT2D eigenvalue weighted by atomic mass is 19.2. The van der Waals surface area contributed by atoms with Crippen LogP contribution in [0.4, 0.5) is 8.78 Å². The Morgan fingerprint density at radius 1 is 1.00 bits per heavy atom.